The van der Waals surface area contributed by atoms with Crippen molar-refractivity contribution in [2.24, 2.45) is 5.41 Å². The largest absolute Gasteiger partial charge is 0.423 e. The van der Waals surface area contributed by atoms with Gasteiger partial charge in [-0.3, -0.25) is 0 Å². The Balaban J connectivity index is 1.91. The molecule has 0 N–H and O–H groups in total. The molecule has 3 rings (SSSR count). The SMILES string of the molecule is CC1=C(Cc2ccc3oc(=O)ccc3c2)CC(C)(C)CC1. The van der Waals surface area contributed by atoms with E-state index in [0.717, 1.165) is 11.8 Å². The van der Waals surface area contributed by atoms with Crippen molar-refractivity contribution < 1.29 is 4.42 Å². The van der Waals surface area contributed by atoms with Gasteiger partial charge in [0.05, 0.1) is 0 Å². The fourth-order valence-electron chi connectivity index (χ4n) is 3.21. The van der Waals surface area contributed by atoms with Gasteiger partial charge in [0, 0.05) is 11.5 Å². The van der Waals surface area contributed by atoms with E-state index in [0.29, 0.717) is 11.0 Å². The summed E-state index contributed by atoms with van der Waals surface area (Å²) >= 11 is 0. The average Bonchev–Trinajstić information content (AvgIpc) is 2.43. The normalized spacial score (nSPS) is 18.2. The lowest BCUT2D eigenvalue weighted by Gasteiger charge is -2.32. The molecule has 2 aromatic rings. The Morgan fingerprint density at radius 3 is 2.81 bits per heavy atom. The first-order valence-corrected chi connectivity index (χ1v) is 7.63. The van der Waals surface area contributed by atoms with Crippen LogP contribution in [0.25, 0.3) is 11.0 Å². The molecule has 110 valence electrons. The molecule has 0 aliphatic heterocycles. The number of benzene rings is 1. The van der Waals surface area contributed by atoms with E-state index >= 15 is 0 Å². The Kier molecular flexibility index (Phi) is 3.48. The quantitative estimate of drug-likeness (QED) is 0.581. The summed E-state index contributed by atoms with van der Waals surface area (Å²) in [5.74, 6) is 0. The van der Waals surface area contributed by atoms with Crippen LogP contribution < -0.4 is 5.63 Å². The summed E-state index contributed by atoms with van der Waals surface area (Å²) in [5, 5.41) is 1.00. The molecule has 0 amide bonds. The molecule has 0 unspecified atom stereocenters. The molecule has 1 aliphatic rings. The number of rotatable bonds is 2. The van der Waals surface area contributed by atoms with E-state index in [1.807, 2.05) is 12.1 Å². The summed E-state index contributed by atoms with van der Waals surface area (Å²) in [7, 11) is 0. The van der Waals surface area contributed by atoms with Gasteiger partial charge in [0.2, 0.25) is 0 Å². The number of allylic oxidation sites excluding steroid dienone is 2. The summed E-state index contributed by atoms with van der Waals surface area (Å²) < 4.78 is 5.19. The minimum Gasteiger partial charge on any atom is -0.423 e. The highest BCUT2D eigenvalue weighted by atomic mass is 16.4. The summed E-state index contributed by atoms with van der Waals surface area (Å²) in [6.07, 6.45) is 4.68. The third kappa shape index (κ3) is 3.10. The predicted molar refractivity (Wildman–Crippen MR) is 86.5 cm³/mol. The van der Waals surface area contributed by atoms with Crippen molar-refractivity contribution in [3.8, 4) is 0 Å². The van der Waals surface area contributed by atoms with E-state index < -0.39 is 0 Å². The van der Waals surface area contributed by atoms with E-state index in [9.17, 15) is 4.79 Å². The van der Waals surface area contributed by atoms with Crippen molar-refractivity contribution >= 4 is 11.0 Å². The first kappa shape index (κ1) is 14.1. The molecule has 0 fully saturated rings. The topological polar surface area (TPSA) is 30.2 Å². The minimum atomic E-state index is -0.289. The molecule has 0 spiro atoms. The molecule has 0 saturated heterocycles. The molecule has 1 aliphatic carbocycles. The van der Waals surface area contributed by atoms with Crippen LogP contribution in [0.3, 0.4) is 0 Å². The number of hydrogen-bond acceptors (Lipinski definition) is 2. The maximum atomic E-state index is 11.2. The standard InChI is InChI=1S/C19H22O2/c1-13-8-9-19(2,3)12-16(13)11-14-4-6-17-15(10-14)5-7-18(20)21-17/h4-7,10H,8-9,11-12H2,1-3H3. The van der Waals surface area contributed by atoms with Crippen LogP contribution in [0.4, 0.5) is 0 Å². The fourth-order valence-corrected chi connectivity index (χ4v) is 3.21. The molecular weight excluding hydrogens is 260 g/mol. The average molecular weight is 282 g/mol. The molecule has 1 aromatic carbocycles. The maximum absolute atomic E-state index is 11.2. The molecule has 2 heteroatoms. The van der Waals surface area contributed by atoms with E-state index in [2.05, 4.69) is 32.9 Å². The predicted octanol–water partition coefficient (Wildman–Crippen LogP) is 4.86. The molecule has 2 nitrogen and oxygen atoms in total. The van der Waals surface area contributed by atoms with Gasteiger partial charge < -0.3 is 4.42 Å². The molecule has 1 aromatic heterocycles. The zero-order valence-corrected chi connectivity index (χ0v) is 13.0. The van der Waals surface area contributed by atoms with Crippen LogP contribution in [-0.4, -0.2) is 0 Å². The Morgan fingerprint density at radius 2 is 2.00 bits per heavy atom. The van der Waals surface area contributed by atoms with Gasteiger partial charge in [-0.25, -0.2) is 4.79 Å². The Morgan fingerprint density at radius 1 is 1.19 bits per heavy atom. The second kappa shape index (κ2) is 5.18. The van der Waals surface area contributed by atoms with Gasteiger partial charge >= 0.3 is 5.63 Å². The Labute approximate surface area is 125 Å². The lowest BCUT2D eigenvalue weighted by Crippen LogP contribution is -2.18. The van der Waals surface area contributed by atoms with Gasteiger partial charge in [-0.05, 0) is 61.8 Å². The third-order valence-electron chi connectivity index (χ3n) is 4.57. The van der Waals surface area contributed by atoms with Crippen LogP contribution in [0.5, 0.6) is 0 Å². The second-order valence-electron chi connectivity index (χ2n) is 7.03. The van der Waals surface area contributed by atoms with Crippen LogP contribution in [0.15, 0.2) is 50.7 Å². The van der Waals surface area contributed by atoms with Crippen molar-refractivity contribution in [3.05, 3.63) is 57.5 Å². The van der Waals surface area contributed by atoms with Crippen LogP contribution in [0.1, 0.15) is 45.6 Å². The van der Waals surface area contributed by atoms with Gasteiger partial charge in [-0.1, -0.05) is 31.1 Å². The van der Waals surface area contributed by atoms with E-state index in [1.54, 1.807) is 11.1 Å². The zero-order valence-electron chi connectivity index (χ0n) is 13.0. The number of hydrogen-bond donors (Lipinski definition) is 0. The van der Waals surface area contributed by atoms with Crippen molar-refractivity contribution in [3.63, 3.8) is 0 Å². The van der Waals surface area contributed by atoms with Crippen LogP contribution in [-0.2, 0) is 6.42 Å². The van der Waals surface area contributed by atoms with Gasteiger partial charge in [0.25, 0.3) is 0 Å². The molecule has 0 saturated carbocycles. The van der Waals surface area contributed by atoms with E-state index in [1.165, 1.54) is 30.9 Å². The second-order valence-corrected chi connectivity index (χ2v) is 7.03. The smallest absolute Gasteiger partial charge is 0.336 e. The fraction of sp³-hybridized carbons (Fsp3) is 0.421. The monoisotopic (exact) mass is 282 g/mol. The summed E-state index contributed by atoms with van der Waals surface area (Å²) in [6.45, 7) is 6.98. The van der Waals surface area contributed by atoms with Gasteiger partial charge in [0.1, 0.15) is 5.58 Å². The van der Waals surface area contributed by atoms with Gasteiger partial charge in [-0.15, -0.1) is 0 Å². The van der Waals surface area contributed by atoms with Gasteiger partial charge in [0.15, 0.2) is 0 Å². The van der Waals surface area contributed by atoms with E-state index in [4.69, 9.17) is 4.42 Å². The molecule has 1 heterocycles. The number of fused-ring (bicyclic) bond motifs is 1. The van der Waals surface area contributed by atoms with E-state index in [-0.39, 0.29) is 5.63 Å². The lowest BCUT2D eigenvalue weighted by atomic mass is 9.73. The first-order chi connectivity index (χ1) is 9.93. The summed E-state index contributed by atoms with van der Waals surface area (Å²) in [5.41, 5.74) is 5.21. The van der Waals surface area contributed by atoms with Crippen LogP contribution in [0, 0.1) is 5.41 Å². The summed E-state index contributed by atoms with van der Waals surface area (Å²) in [4.78, 5) is 11.2. The molecule has 21 heavy (non-hydrogen) atoms. The lowest BCUT2D eigenvalue weighted by molar-refractivity contribution is 0.311. The highest BCUT2D eigenvalue weighted by Gasteiger charge is 2.25. The molecule has 0 radical (unpaired) electrons. The van der Waals surface area contributed by atoms with Crippen LogP contribution in [0.2, 0.25) is 0 Å². The molecule has 0 atom stereocenters. The first-order valence-electron chi connectivity index (χ1n) is 7.63. The van der Waals surface area contributed by atoms with Crippen LogP contribution >= 0.6 is 0 Å². The van der Waals surface area contributed by atoms with Crippen molar-refractivity contribution in [2.45, 2.75) is 46.5 Å². The van der Waals surface area contributed by atoms with Crippen molar-refractivity contribution in [2.75, 3.05) is 0 Å². The zero-order chi connectivity index (χ0) is 15.0. The third-order valence-corrected chi connectivity index (χ3v) is 4.57. The van der Waals surface area contributed by atoms with Crippen molar-refractivity contribution in [1.82, 2.24) is 0 Å². The summed E-state index contributed by atoms with van der Waals surface area (Å²) in [6, 6.07) is 9.46. The Hall–Kier alpha value is -1.83. The molecule has 0 bridgehead atoms. The molecular formula is C19H22O2. The van der Waals surface area contributed by atoms with Gasteiger partial charge in [-0.2, -0.15) is 0 Å². The minimum absolute atomic E-state index is 0.289. The highest BCUT2D eigenvalue weighted by molar-refractivity contribution is 5.77. The maximum Gasteiger partial charge on any atom is 0.336 e. The van der Waals surface area contributed by atoms with Crippen molar-refractivity contribution in [1.29, 1.82) is 0 Å². The highest BCUT2D eigenvalue weighted by Crippen LogP contribution is 2.39. The Bertz CT molecular complexity index is 762.